The first-order chi connectivity index (χ1) is 13.2. The van der Waals surface area contributed by atoms with Crippen LogP contribution in [0.3, 0.4) is 0 Å². The van der Waals surface area contributed by atoms with Crippen LogP contribution in [0.5, 0.6) is 0 Å². The largest absolute Gasteiger partial charge is 0.340 e. The number of halogens is 1. The summed E-state index contributed by atoms with van der Waals surface area (Å²) in [6.07, 6.45) is 2.12. The van der Waals surface area contributed by atoms with Crippen molar-refractivity contribution in [2.24, 2.45) is 0 Å². The summed E-state index contributed by atoms with van der Waals surface area (Å²) in [4.78, 5) is 24.8. The molecule has 4 rings (SSSR count). The van der Waals surface area contributed by atoms with Gasteiger partial charge in [0.1, 0.15) is 11.5 Å². The third-order valence-electron chi connectivity index (χ3n) is 4.28. The van der Waals surface area contributed by atoms with Gasteiger partial charge in [0.2, 0.25) is 0 Å². The average molecular weight is 377 g/mol. The third kappa shape index (κ3) is 3.99. The summed E-state index contributed by atoms with van der Waals surface area (Å²) in [5.41, 5.74) is 3.17. The van der Waals surface area contributed by atoms with E-state index in [9.17, 15) is 4.79 Å². The maximum Gasteiger partial charge on any atom is 0.270 e. The van der Waals surface area contributed by atoms with Crippen molar-refractivity contribution in [1.82, 2.24) is 20.3 Å². The molecule has 134 valence electrons. The van der Waals surface area contributed by atoms with Gasteiger partial charge in [-0.15, -0.1) is 0 Å². The summed E-state index contributed by atoms with van der Waals surface area (Å²) in [6.45, 7) is 0. The molecule has 2 aromatic heterocycles. The second-order valence-electron chi connectivity index (χ2n) is 6.21. The van der Waals surface area contributed by atoms with Gasteiger partial charge in [-0.05, 0) is 36.2 Å². The summed E-state index contributed by atoms with van der Waals surface area (Å²) in [5.74, 6) is 0.411. The topological polar surface area (TPSA) is 70.7 Å². The Kier molecular flexibility index (Phi) is 4.85. The monoisotopic (exact) mass is 376 g/mol. The first kappa shape index (κ1) is 17.2. The van der Waals surface area contributed by atoms with Crippen molar-refractivity contribution in [2.75, 3.05) is 0 Å². The average Bonchev–Trinajstić information content (AvgIpc) is 3.12. The molecule has 0 saturated carbocycles. The van der Waals surface area contributed by atoms with Crippen molar-refractivity contribution in [3.8, 4) is 0 Å². The van der Waals surface area contributed by atoms with Crippen LogP contribution in [0.15, 0.2) is 72.9 Å². The Morgan fingerprint density at radius 3 is 2.63 bits per heavy atom. The Hall–Kier alpha value is -3.18. The van der Waals surface area contributed by atoms with E-state index in [4.69, 9.17) is 11.6 Å². The van der Waals surface area contributed by atoms with Gasteiger partial charge in [0.05, 0.1) is 17.1 Å². The van der Waals surface area contributed by atoms with E-state index >= 15 is 0 Å². The van der Waals surface area contributed by atoms with Gasteiger partial charge in [0, 0.05) is 11.2 Å². The number of aromatic nitrogens is 3. The molecule has 0 saturated heterocycles. The number of H-pyrrole nitrogens is 1. The molecule has 27 heavy (non-hydrogen) atoms. The van der Waals surface area contributed by atoms with Crippen LogP contribution in [0, 0.1) is 0 Å². The lowest BCUT2D eigenvalue weighted by molar-refractivity contribution is 0.0930. The highest BCUT2D eigenvalue weighted by Crippen LogP contribution is 2.20. The lowest BCUT2D eigenvalue weighted by Gasteiger charge is -2.17. The van der Waals surface area contributed by atoms with Crippen molar-refractivity contribution in [1.29, 1.82) is 0 Å². The van der Waals surface area contributed by atoms with E-state index in [1.807, 2.05) is 54.6 Å². The molecule has 4 aromatic rings. The van der Waals surface area contributed by atoms with Gasteiger partial charge < -0.3 is 10.3 Å². The lowest BCUT2D eigenvalue weighted by Crippen LogP contribution is -2.31. The molecule has 0 spiro atoms. The molecule has 0 aliphatic rings. The van der Waals surface area contributed by atoms with Crippen LogP contribution in [-0.4, -0.2) is 20.9 Å². The van der Waals surface area contributed by atoms with Crippen LogP contribution in [0.4, 0.5) is 0 Å². The fourth-order valence-electron chi connectivity index (χ4n) is 2.96. The molecular formula is C21H17ClN4O. The van der Waals surface area contributed by atoms with Crippen LogP contribution >= 0.6 is 11.6 Å². The lowest BCUT2D eigenvalue weighted by atomic mass is 10.1. The van der Waals surface area contributed by atoms with Crippen molar-refractivity contribution in [2.45, 2.75) is 12.5 Å². The Morgan fingerprint density at radius 1 is 1.07 bits per heavy atom. The number of hydrogen-bond donors (Lipinski definition) is 2. The zero-order valence-electron chi connectivity index (χ0n) is 14.4. The molecule has 2 N–H and O–H groups in total. The highest BCUT2D eigenvalue weighted by molar-refractivity contribution is 6.30. The standard InChI is InChI=1S/C21H17ClN4O/c22-15-10-11-23-19(13-15)21(27)26-18(12-14-6-2-1-3-7-14)20-24-16-8-4-5-9-17(16)25-20/h1-11,13,18H,12H2,(H,24,25)(H,26,27). The zero-order chi connectivity index (χ0) is 18.6. The number of nitrogens with one attached hydrogen (secondary N) is 2. The summed E-state index contributed by atoms with van der Waals surface area (Å²) in [6, 6.07) is 20.6. The fraction of sp³-hybridized carbons (Fsp3) is 0.0952. The molecular weight excluding hydrogens is 360 g/mol. The molecule has 0 aliphatic carbocycles. The number of pyridine rings is 1. The number of para-hydroxylation sites is 2. The van der Waals surface area contributed by atoms with Crippen molar-refractivity contribution in [3.63, 3.8) is 0 Å². The zero-order valence-corrected chi connectivity index (χ0v) is 15.1. The number of carbonyl (C=O) groups is 1. The summed E-state index contributed by atoms with van der Waals surface area (Å²) < 4.78 is 0. The number of fused-ring (bicyclic) bond motifs is 1. The quantitative estimate of drug-likeness (QED) is 0.544. The Morgan fingerprint density at radius 2 is 1.85 bits per heavy atom. The molecule has 0 aliphatic heterocycles. The molecule has 0 fully saturated rings. The number of imidazole rings is 1. The molecule has 6 heteroatoms. The minimum Gasteiger partial charge on any atom is -0.340 e. The SMILES string of the molecule is O=C(NC(Cc1ccccc1)c1nc2ccccc2[nH]1)c1cc(Cl)ccn1. The van der Waals surface area contributed by atoms with Crippen LogP contribution in [0.25, 0.3) is 11.0 Å². The number of nitrogens with zero attached hydrogens (tertiary/aromatic N) is 2. The van der Waals surface area contributed by atoms with E-state index < -0.39 is 0 Å². The number of amides is 1. The Bertz CT molecular complexity index is 1040. The number of carbonyl (C=O) groups excluding carboxylic acids is 1. The summed E-state index contributed by atoms with van der Waals surface area (Å²) in [7, 11) is 0. The highest BCUT2D eigenvalue weighted by Gasteiger charge is 2.20. The fourth-order valence-corrected chi connectivity index (χ4v) is 3.12. The van der Waals surface area contributed by atoms with Crippen molar-refractivity contribution in [3.05, 3.63) is 95.0 Å². The number of benzene rings is 2. The van der Waals surface area contributed by atoms with E-state index in [1.54, 1.807) is 12.1 Å². The molecule has 0 bridgehead atoms. The van der Waals surface area contributed by atoms with Crippen molar-refractivity contribution < 1.29 is 4.79 Å². The predicted molar refractivity (Wildman–Crippen MR) is 106 cm³/mol. The van der Waals surface area contributed by atoms with Gasteiger partial charge in [-0.25, -0.2) is 4.98 Å². The van der Waals surface area contributed by atoms with Crippen LogP contribution in [-0.2, 0) is 6.42 Å². The van der Waals surface area contributed by atoms with Crippen LogP contribution < -0.4 is 5.32 Å². The smallest absolute Gasteiger partial charge is 0.270 e. The number of hydrogen-bond acceptors (Lipinski definition) is 3. The van der Waals surface area contributed by atoms with Crippen LogP contribution in [0.2, 0.25) is 5.02 Å². The van der Waals surface area contributed by atoms with E-state index in [0.29, 0.717) is 17.3 Å². The summed E-state index contributed by atoms with van der Waals surface area (Å²) in [5, 5.41) is 3.50. The predicted octanol–water partition coefficient (Wildman–Crippen LogP) is 4.33. The maximum absolute atomic E-state index is 12.7. The Balaban J connectivity index is 1.66. The van der Waals surface area contributed by atoms with E-state index in [2.05, 4.69) is 20.3 Å². The molecule has 2 heterocycles. The molecule has 1 unspecified atom stereocenters. The molecule has 1 amide bonds. The second-order valence-corrected chi connectivity index (χ2v) is 6.65. The molecule has 2 aromatic carbocycles. The minimum atomic E-state index is -0.326. The summed E-state index contributed by atoms with van der Waals surface area (Å²) >= 11 is 5.99. The van der Waals surface area contributed by atoms with Gasteiger partial charge in [0.15, 0.2) is 0 Å². The molecule has 5 nitrogen and oxygen atoms in total. The maximum atomic E-state index is 12.7. The van der Waals surface area contributed by atoms with E-state index in [1.165, 1.54) is 6.20 Å². The van der Waals surface area contributed by atoms with Crippen molar-refractivity contribution >= 4 is 28.5 Å². The van der Waals surface area contributed by atoms with Gasteiger partial charge in [-0.3, -0.25) is 9.78 Å². The molecule has 1 atom stereocenters. The van der Waals surface area contributed by atoms with E-state index in [-0.39, 0.29) is 17.6 Å². The van der Waals surface area contributed by atoms with Gasteiger partial charge in [0.25, 0.3) is 5.91 Å². The van der Waals surface area contributed by atoms with Crippen LogP contribution in [0.1, 0.15) is 27.9 Å². The normalized spacial score (nSPS) is 12.0. The Labute approximate surface area is 161 Å². The first-order valence-corrected chi connectivity index (χ1v) is 8.98. The number of aromatic amines is 1. The number of rotatable bonds is 5. The van der Waals surface area contributed by atoms with E-state index in [0.717, 1.165) is 16.6 Å². The third-order valence-corrected chi connectivity index (χ3v) is 4.52. The van der Waals surface area contributed by atoms with Gasteiger partial charge >= 0.3 is 0 Å². The first-order valence-electron chi connectivity index (χ1n) is 8.60. The molecule has 0 radical (unpaired) electrons. The van der Waals surface area contributed by atoms with Gasteiger partial charge in [-0.2, -0.15) is 0 Å². The van der Waals surface area contributed by atoms with Gasteiger partial charge in [-0.1, -0.05) is 54.1 Å². The second kappa shape index (κ2) is 7.60. The highest BCUT2D eigenvalue weighted by atomic mass is 35.5. The minimum absolute atomic E-state index is 0.275.